The number of ether oxygens (including phenoxy) is 1. The summed E-state index contributed by atoms with van der Waals surface area (Å²) in [4.78, 5) is 30.9. The number of carbonyl (C=O) groups excluding carboxylic acids is 2. The van der Waals surface area contributed by atoms with Gasteiger partial charge in [0.15, 0.2) is 9.84 Å². The van der Waals surface area contributed by atoms with Gasteiger partial charge in [-0.1, -0.05) is 13.8 Å². The summed E-state index contributed by atoms with van der Waals surface area (Å²) in [7, 11) is -3.28. The zero-order chi connectivity index (χ0) is 21.9. The minimum atomic E-state index is -3.28. The fourth-order valence-corrected chi connectivity index (χ4v) is 6.23. The summed E-state index contributed by atoms with van der Waals surface area (Å²) >= 11 is 0. The first-order valence-corrected chi connectivity index (χ1v) is 12.4. The molecule has 0 spiro atoms. The Balaban J connectivity index is 1.86. The average Bonchev–Trinajstić information content (AvgIpc) is 3.13. The number of hydrogen-bond acceptors (Lipinski definition) is 5. The molecule has 0 unspecified atom stereocenters. The van der Waals surface area contributed by atoms with Crippen LogP contribution in [0.5, 0.6) is 5.75 Å². The van der Waals surface area contributed by atoms with Crippen molar-refractivity contribution in [1.29, 1.82) is 0 Å². The standard InChI is InChI=1S/C21H31N3O5S/c1-4-11-22(12-5-2)20(25)13-23-18-14-30(27,28)15-19(18)24(21(23)26)16-7-9-17(10-8-16)29-6-3/h7-10,18-19H,4-6,11-15H2,1-3H3/t18-,19+/m0/s1. The lowest BCUT2D eigenvalue weighted by Gasteiger charge is -2.27. The third-order valence-corrected chi connectivity index (χ3v) is 7.25. The summed E-state index contributed by atoms with van der Waals surface area (Å²) in [5, 5.41) is 0. The molecule has 1 aromatic carbocycles. The van der Waals surface area contributed by atoms with E-state index >= 15 is 0 Å². The van der Waals surface area contributed by atoms with Crippen molar-refractivity contribution >= 4 is 27.5 Å². The predicted molar refractivity (Wildman–Crippen MR) is 116 cm³/mol. The van der Waals surface area contributed by atoms with Crippen molar-refractivity contribution in [2.75, 3.05) is 42.6 Å². The number of rotatable bonds is 9. The van der Waals surface area contributed by atoms with Crippen LogP contribution < -0.4 is 9.64 Å². The monoisotopic (exact) mass is 437 g/mol. The van der Waals surface area contributed by atoms with Gasteiger partial charge in [-0.2, -0.15) is 0 Å². The number of benzene rings is 1. The Morgan fingerprint density at radius 2 is 1.67 bits per heavy atom. The second kappa shape index (κ2) is 9.24. The van der Waals surface area contributed by atoms with Gasteiger partial charge in [-0.05, 0) is 44.0 Å². The van der Waals surface area contributed by atoms with Crippen molar-refractivity contribution < 1.29 is 22.7 Å². The van der Waals surface area contributed by atoms with Crippen molar-refractivity contribution in [3.05, 3.63) is 24.3 Å². The highest BCUT2D eigenvalue weighted by atomic mass is 32.2. The van der Waals surface area contributed by atoms with Crippen LogP contribution in [0.25, 0.3) is 0 Å². The summed E-state index contributed by atoms with van der Waals surface area (Å²) in [6, 6.07) is 5.74. The molecule has 2 aliphatic heterocycles. The number of anilines is 1. The summed E-state index contributed by atoms with van der Waals surface area (Å²) < 4.78 is 30.2. The third kappa shape index (κ3) is 4.55. The second-order valence-corrected chi connectivity index (χ2v) is 9.95. The molecule has 0 radical (unpaired) electrons. The molecule has 2 fully saturated rings. The van der Waals surface area contributed by atoms with Crippen LogP contribution in [0.2, 0.25) is 0 Å². The van der Waals surface area contributed by atoms with Crippen LogP contribution in [0, 0.1) is 0 Å². The molecule has 0 saturated carbocycles. The molecule has 0 bridgehead atoms. The lowest BCUT2D eigenvalue weighted by atomic mass is 10.1. The Morgan fingerprint density at radius 3 is 2.23 bits per heavy atom. The quantitative estimate of drug-likeness (QED) is 0.553. The van der Waals surface area contributed by atoms with E-state index in [-0.39, 0.29) is 30.0 Å². The van der Waals surface area contributed by atoms with Crippen LogP contribution in [-0.2, 0) is 14.6 Å². The summed E-state index contributed by atoms with van der Waals surface area (Å²) in [6.45, 7) is 7.60. The SMILES string of the molecule is CCCN(CCC)C(=O)CN1C(=O)N(c2ccc(OCC)cc2)[C@@H]2CS(=O)(=O)C[C@@H]21. The molecule has 0 N–H and O–H groups in total. The van der Waals surface area contributed by atoms with Crippen molar-refractivity contribution in [2.45, 2.75) is 45.7 Å². The van der Waals surface area contributed by atoms with Gasteiger partial charge in [-0.25, -0.2) is 13.2 Å². The Labute approximate surface area is 178 Å². The minimum absolute atomic E-state index is 0.0884. The fraction of sp³-hybridized carbons (Fsp3) is 0.619. The Kier molecular flexibility index (Phi) is 6.90. The normalized spacial score (nSPS) is 22.3. The molecule has 8 nitrogen and oxygen atoms in total. The third-order valence-electron chi connectivity index (χ3n) is 5.55. The van der Waals surface area contributed by atoms with E-state index in [1.54, 1.807) is 29.2 Å². The van der Waals surface area contributed by atoms with E-state index in [0.29, 0.717) is 31.1 Å². The Bertz CT molecular complexity index is 865. The largest absolute Gasteiger partial charge is 0.494 e. The molecular formula is C21H31N3O5S. The molecule has 2 saturated heterocycles. The highest BCUT2D eigenvalue weighted by Gasteiger charge is 2.54. The summed E-state index contributed by atoms with van der Waals surface area (Å²) in [5.41, 5.74) is 0.615. The number of fused-ring (bicyclic) bond motifs is 1. The number of carbonyl (C=O) groups is 2. The molecule has 2 heterocycles. The maximum Gasteiger partial charge on any atom is 0.325 e. The molecule has 2 atom stereocenters. The second-order valence-electron chi connectivity index (χ2n) is 7.80. The smallest absolute Gasteiger partial charge is 0.325 e. The lowest BCUT2D eigenvalue weighted by molar-refractivity contribution is -0.132. The fourth-order valence-electron chi connectivity index (χ4n) is 4.28. The van der Waals surface area contributed by atoms with E-state index in [2.05, 4.69) is 0 Å². The predicted octanol–water partition coefficient (Wildman–Crippen LogP) is 2.14. The number of nitrogens with zero attached hydrogens (tertiary/aromatic N) is 3. The van der Waals surface area contributed by atoms with Gasteiger partial charge in [-0.15, -0.1) is 0 Å². The number of amides is 3. The summed E-state index contributed by atoms with van der Waals surface area (Å²) in [5.74, 6) is 0.356. The summed E-state index contributed by atoms with van der Waals surface area (Å²) in [6.07, 6.45) is 1.66. The lowest BCUT2D eigenvalue weighted by Crippen LogP contribution is -2.46. The van der Waals surface area contributed by atoms with Gasteiger partial charge in [0.2, 0.25) is 5.91 Å². The highest BCUT2D eigenvalue weighted by Crippen LogP contribution is 2.35. The molecule has 0 aliphatic carbocycles. The number of urea groups is 1. The minimum Gasteiger partial charge on any atom is -0.494 e. The molecule has 30 heavy (non-hydrogen) atoms. The van der Waals surface area contributed by atoms with Gasteiger partial charge >= 0.3 is 6.03 Å². The maximum atomic E-state index is 13.3. The van der Waals surface area contributed by atoms with Crippen LogP contribution in [0.15, 0.2) is 24.3 Å². The average molecular weight is 438 g/mol. The van der Waals surface area contributed by atoms with Gasteiger partial charge in [0, 0.05) is 18.8 Å². The van der Waals surface area contributed by atoms with Gasteiger partial charge in [-0.3, -0.25) is 9.69 Å². The molecule has 166 valence electrons. The van der Waals surface area contributed by atoms with Crippen molar-refractivity contribution in [1.82, 2.24) is 9.80 Å². The Hall–Kier alpha value is -2.29. The van der Waals surface area contributed by atoms with E-state index in [0.717, 1.165) is 12.8 Å². The van der Waals surface area contributed by atoms with Gasteiger partial charge in [0.05, 0.1) is 30.2 Å². The first-order valence-electron chi connectivity index (χ1n) is 10.6. The van der Waals surface area contributed by atoms with Crippen molar-refractivity contribution in [2.24, 2.45) is 0 Å². The highest BCUT2D eigenvalue weighted by molar-refractivity contribution is 7.91. The van der Waals surface area contributed by atoms with Crippen LogP contribution in [0.4, 0.5) is 10.5 Å². The van der Waals surface area contributed by atoms with Crippen LogP contribution in [0.3, 0.4) is 0 Å². The zero-order valence-electron chi connectivity index (χ0n) is 17.9. The number of sulfone groups is 1. The van der Waals surface area contributed by atoms with Crippen LogP contribution >= 0.6 is 0 Å². The number of hydrogen-bond donors (Lipinski definition) is 0. The van der Waals surface area contributed by atoms with Crippen LogP contribution in [-0.4, -0.2) is 80.0 Å². The first-order chi connectivity index (χ1) is 14.3. The molecule has 3 amide bonds. The van der Waals surface area contributed by atoms with E-state index in [4.69, 9.17) is 4.74 Å². The van der Waals surface area contributed by atoms with E-state index in [1.807, 2.05) is 20.8 Å². The van der Waals surface area contributed by atoms with E-state index in [9.17, 15) is 18.0 Å². The zero-order valence-corrected chi connectivity index (χ0v) is 18.7. The van der Waals surface area contributed by atoms with E-state index < -0.39 is 21.9 Å². The molecule has 1 aromatic rings. The van der Waals surface area contributed by atoms with Gasteiger partial charge in [0.1, 0.15) is 12.3 Å². The van der Waals surface area contributed by atoms with Gasteiger partial charge < -0.3 is 14.5 Å². The molecule has 0 aromatic heterocycles. The Morgan fingerprint density at radius 1 is 1.07 bits per heavy atom. The molecular weight excluding hydrogens is 406 g/mol. The molecule has 3 rings (SSSR count). The van der Waals surface area contributed by atoms with Crippen LogP contribution in [0.1, 0.15) is 33.6 Å². The van der Waals surface area contributed by atoms with Gasteiger partial charge in [0.25, 0.3) is 0 Å². The van der Waals surface area contributed by atoms with Crippen molar-refractivity contribution in [3.8, 4) is 5.75 Å². The molecule has 2 aliphatic rings. The van der Waals surface area contributed by atoms with E-state index in [1.165, 1.54) is 9.80 Å². The first kappa shape index (κ1) is 22.4. The maximum absolute atomic E-state index is 13.3. The van der Waals surface area contributed by atoms with Crippen molar-refractivity contribution in [3.63, 3.8) is 0 Å². The topological polar surface area (TPSA) is 87.2 Å². The molecule has 9 heteroatoms.